The summed E-state index contributed by atoms with van der Waals surface area (Å²) in [6.07, 6.45) is 6.39. The highest BCUT2D eigenvalue weighted by atomic mass is 16.4. The van der Waals surface area contributed by atoms with Gasteiger partial charge < -0.3 is 15.3 Å². The van der Waals surface area contributed by atoms with Gasteiger partial charge in [0, 0.05) is 32.0 Å². The van der Waals surface area contributed by atoms with Crippen LogP contribution in [0.15, 0.2) is 0 Å². The number of amides is 1. The van der Waals surface area contributed by atoms with E-state index in [2.05, 4.69) is 17.1 Å². The molecule has 5 heteroatoms. The first kappa shape index (κ1) is 17.0. The minimum Gasteiger partial charge on any atom is -0.481 e. The maximum absolute atomic E-state index is 11.7. The van der Waals surface area contributed by atoms with Gasteiger partial charge in [-0.3, -0.25) is 9.59 Å². The lowest BCUT2D eigenvalue weighted by molar-refractivity contribution is -0.137. The number of hydrogen-bond donors (Lipinski definition) is 2. The number of nitrogens with zero attached hydrogens (tertiary/aromatic N) is 1. The summed E-state index contributed by atoms with van der Waals surface area (Å²) in [5.41, 5.74) is 0. The van der Waals surface area contributed by atoms with Crippen LogP contribution in [0.4, 0.5) is 0 Å². The fourth-order valence-electron chi connectivity index (χ4n) is 2.54. The lowest BCUT2D eigenvalue weighted by Gasteiger charge is -2.32. The number of likely N-dealkylation sites (tertiary alicyclic amines) is 1. The maximum Gasteiger partial charge on any atom is 0.303 e. The zero-order chi connectivity index (χ0) is 14.8. The second-order valence-corrected chi connectivity index (χ2v) is 5.64. The molecule has 0 aromatic carbocycles. The van der Waals surface area contributed by atoms with Crippen molar-refractivity contribution in [2.45, 2.75) is 64.3 Å². The molecule has 0 aromatic heterocycles. The smallest absolute Gasteiger partial charge is 0.303 e. The Hall–Kier alpha value is -1.10. The third kappa shape index (κ3) is 7.48. The van der Waals surface area contributed by atoms with Gasteiger partial charge in [0.05, 0.1) is 0 Å². The van der Waals surface area contributed by atoms with Crippen LogP contribution in [0.3, 0.4) is 0 Å². The largest absolute Gasteiger partial charge is 0.481 e. The number of carboxylic acid groups (broad SMARTS) is 1. The number of rotatable bonds is 9. The lowest BCUT2D eigenvalue weighted by atomic mass is 10.0. The van der Waals surface area contributed by atoms with Crippen LogP contribution in [0.2, 0.25) is 0 Å². The molecule has 2 N–H and O–H groups in total. The summed E-state index contributed by atoms with van der Waals surface area (Å²) in [4.78, 5) is 24.6. The molecule has 0 atom stereocenters. The molecule has 0 spiro atoms. The summed E-state index contributed by atoms with van der Waals surface area (Å²) < 4.78 is 0. The first-order valence-electron chi connectivity index (χ1n) is 7.85. The van der Waals surface area contributed by atoms with E-state index in [4.69, 9.17) is 5.11 Å². The van der Waals surface area contributed by atoms with Crippen LogP contribution >= 0.6 is 0 Å². The number of carboxylic acids is 1. The minimum absolute atomic E-state index is 0.0717. The summed E-state index contributed by atoms with van der Waals surface area (Å²) in [5, 5.41) is 11.6. The monoisotopic (exact) mass is 284 g/mol. The van der Waals surface area contributed by atoms with Crippen LogP contribution in [0, 0.1) is 0 Å². The van der Waals surface area contributed by atoms with Crippen LogP contribution in [0.25, 0.3) is 0 Å². The third-order valence-corrected chi connectivity index (χ3v) is 3.83. The fourth-order valence-corrected chi connectivity index (χ4v) is 2.54. The number of carbonyl (C=O) groups is 2. The average molecular weight is 284 g/mol. The Kier molecular flexibility index (Phi) is 8.26. The number of nitrogens with one attached hydrogen (secondary N) is 1. The van der Waals surface area contributed by atoms with Gasteiger partial charge in [0.25, 0.3) is 0 Å². The van der Waals surface area contributed by atoms with Crippen molar-refractivity contribution in [2.24, 2.45) is 0 Å². The van der Waals surface area contributed by atoms with E-state index in [0.717, 1.165) is 25.9 Å². The van der Waals surface area contributed by atoms with E-state index in [1.54, 1.807) is 0 Å². The Labute approximate surface area is 121 Å². The highest BCUT2D eigenvalue weighted by molar-refractivity contribution is 5.76. The molecule has 1 amide bonds. The lowest BCUT2D eigenvalue weighted by Crippen LogP contribution is -2.44. The van der Waals surface area contributed by atoms with Crippen molar-refractivity contribution in [2.75, 3.05) is 19.6 Å². The van der Waals surface area contributed by atoms with Gasteiger partial charge >= 0.3 is 5.97 Å². The molecule has 0 saturated carbocycles. The van der Waals surface area contributed by atoms with Crippen LogP contribution < -0.4 is 5.32 Å². The molecule has 0 aromatic rings. The Bertz CT molecular complexity index is 299. The Morgan fingerprint density at radius 2 is 1.80 bits per heavy atom. The van der Waals surface area contributed by atoms with Crippen molar-refractivity contribution in [3.8, 4) is 0 Å². The molecular weight excluding hydrogens is 256 g/mol. The molecule has 1 aliphatic rings. The molecule has 0 unspecified atom stereocenters. The highest BCUT2D eigenvalue weighted by Gasteiger charge is 2.19. The van der Waals surface area contributed by atoms with Crippen LogP contribution in [-0.2, 0) is 9.59 Å². The number of aliphatic carboxylic acids is 1. The molecule has 1 rings (SSSR count). The molecule has 0 aliphatic carbocycles. The van der Waals surface area contributed by atoms with Gasteiger partial charge in [0.15, 0.2) is 0 Å². The fraction of sp³-hybridized carbons (Fsp3) is 0.867. The minimum atomic E-state index is -0.787. The first-order valence-corrected chi connectivity index (χ1v) is 7.85. The molecule has 1 saturated heterocycles. The summed E-state index contributed by atoms with van der Waals surface area (Å²) in [6, 6.07) is 0.305. The SMILES string of the molecule is CCCCN1CCC(NC(=O)CCCCC(=O)O)CC1. The Morgan fingerprint density at radius 1 is 1.15 bits per heavy atom. The van der Waals surface area contributed by atoms with Gasteiger partial charge in [-0.1, -0.05) is 13.3 Å². The molecule has 20 heavy (non-hydrogen) atoms. The van der Waals surface area contributed by atoms with Crippen molar-refractivity contribution in [3.63, 3.8) is 0 Å². The predicted molar refractivity (Wildman–Crippen MR) is 78.6 cm³/mol. The summed E-state index contributed by atoms with van der Waals surface area (Å²) in [7, 11) is 0. The van der Waals surface area contributed by atoms with E-state index < -0.39 is 5.97 Å². The summed E-state index contributed by atoms with van der Waals surface area (Å²) in [6.45, 7) is 5.53. The van der Waals surface area contributed by atoms with Crippen molar-refractivity contribution in [3.05, 3.63) is 0 Å². The molecule has 0 bridgehead atoms. The van der Waals surface area contributed by atoms with E-state index >= 15 is 0 Å². The molecular formula is C15H28N2O3. The van der Waals surface area contributed by atoms with E-state index in [9.17, 15) is 9.59 Å². The van der Waals surface area contributed by atoms with E-state index in [1.165, 1.54) is 19.4 Å². The first-order chi connectivity index (χ1) is 9.61. The van der Waals surface area contributed by atoms with Crippen LogP contribution in [0.1, 0.15) is 58.3 Å². The standard InChI is InChI=1S/C15H28N2O3/c1-2-3-10-17-11-8-13(9-12-17)16-14(18)6-4-5-7-15(19)20/h13H,2-12H2,1H3,(H,16,18)(H,19,20). The van der Waals surface area contributed by atoms with Crippen molar-refractivity contribution >= 4 is 11.9 Å². The second-order valence-electron chi connectivity index (χ2n) is 5.64. The zero-order valence-corrected chi connectivity index (χ0v) is 12.6. The van der Waals surface area contributed by atoms with Gasteiger partial charge in [0.2, 0.25) is 5.91 Å². The molecule has 0 radical (unpaired) electrons. The van der Waals surface area contributed by atoms with Gasteiger partial charge in [-0.05, 0) is 38.6 Å². The second kappa shape index (κ2) is 9.75. The zero-order valence-electron chi connectivity index (χ0n) is 12.6. The quantitative estimate of drug-likeness (QED) is 0.635. The van der Waals surface area contributed by atoms with Crippen molar-refractivity contribution in [1.29, 1.82) is 0 Å². The van der Waals surface area contributed by atoms with Crippen molar-refractivity contribution in [1.82, 2.24) is 10.2 Å². The molecule has 116 valence electrons. The molecule has 1 aliphatic heterocycles. The van der Waals surface area contributed by atoms with Crippen molar-refractivity contribution < 1.29 is 14.7 Å². The van der Waals surface area contributed by atoms with Gasteiger partial charge in [0.1, 0.15) is 0 Å². The number of unbranched alkanes of at least 4 members (excludes halogenated alkanes) is 2. The van der Waals surface area contributed by atoms with Crippen LogP contribution in [0.5, 0.6) is 0 Å². The molecule has 1 fully saturated rings. The van der Waals surface area contributed by atoms with Gasteiger partial charge in [-0.25, -0.2) is 0 Å². The van der Waals surface area contributed by atoms with E-state index in [1.807, 2.05) is 0 Å². The summed E-state index contributed by atoms with van der Waals surface area (Å²) in [5.74, 6) is -0.716. The maximum atomic E-state index is 11.7. The number of hydrogen-bond acceptors (Lipinski definition) is 3. The highest BCUT2D eigenvalue weighted by Crippen LogP contribution is 2.11. The summed E-state index contributed by atoms with van der Waals surface area (Å²) >= 11 is 0. The topological polar surface area (TPSA) is 69.6 Å². The average Bonchev–Trinajstić information content (AvgIpc) is 2.43. The van der Waals surface area contributed by atoms with E-state index in [-0.39, 0.29) is 12.3 Å². The number of carbonyl (C=O) groups excluding carboxylic acids is 1. The van der Waals surface area contributed by atoms with Gasteiger partial charge in [-0.15, -0.1) is 0 Å². The Morgan fingerprint density at radius 3 is 2.40 bits per heavy atom. The predicted octanol–water partition coefficient (Wildman–Crippen LogP) is 2.01. The van der Waals surface area contributed by atoms with Crippen LogP contribution in [-0.4, -0.2) is 47.6 Å². The Balaban J connectivity index is 2.07. The normalized spacial score (nSPS) is 17.1. The number of piperidine rings is 1. The molecule has 5 nitrogen and oxygen atoms in total. The van der Waals surface area contributed by atoms with E-state index in [0.29, 0.717) is 25.3 Å². The third-order valence-electron chi connectivity index (χ3n) is 3.83. The molecule has 1 heterocycles. The van der Waals surface area contributed by atoms with Gasteiger partial charge in [-0.2, -0.15) is 0 Å².